The molecule has 1 fully saturated rings. The van der Waals surface area contributed by atoms with E-state index in [-0.39, 0.29) is 0 Å². The van der Waals surface area contributed by atoms with Gasteiger partial charge in [-0.05, 0) is 57.3 Å². The molecule has 0 radical (unpaired) electrons. The summed E-state index contributed by atoms with van der Waals surface area (Å²) in [5, 5.41) is 0. The van der Waals surface area contributed by atoms with Gasteiger partial charge in [-0.1, -0.05) is 29.8 Å². The van der Waals surface area contributed by atoms with Crippen LogP contribution >= 0.6 is 0 Å². The molecule has 1 aliphatic rings. The van der Waals surface area contributed by atoms with Crippen LogP contribution in [0.5, 0.6) is 0 Å². The highest BCUT2D eigenvalue weighted by molar-refractivity contribution is 5.22. The molecule has 17 heavy (non-hydrogen) atoms. The summed E-state index contributed by atoms with van der Waals surface area (Å²) >= 11 is 0. The molecule has 94 valence electrons. The van der Waals surface area contributed by atoms with E-state index in [0.717, 1.165) is 19.0 Å². The number of nitrogens with two attached hydrogens (primary N) is 1. The van der Waals surface area contributed by atoms with Gasteiger partial charge in [-0.15, -0.1) is 0 Å². The number of rotatable bonds is 4. The Hall–Kier alpha value is -0.860. The maximum atomic E-state index is 5.62. The average Bonchev–Trinajstić information content (AvgIpc) is 2.32. The molecule has 0 amide bonds. The van der Waals surface area contributed by atoms with E-state index < -0.39 is 0 Å². The van der Waals surface area contributed by atoms with Crippen molar-refractivity contribution in [1.82, 2.24) is 4.90 Å². The third-order valence-electron chi connectivity index (χ3n) is 3.77. The first-order valence-corrected chi connectivity index (χ1v) is 6.76. The Labute approximate surface area is 105 Å². The normalized spacial score (nSPS) is 18.5. The zero-order chi connectivity index (χ0) is 12.1. The first-order chi connectivity index (χ1) is 8.28. The Morgan fingerprint density at radius 1 is 1.29 bits per heavy atom. The summed E-state index contributed by atoms with van der Waals surface area (Å²) < 4.78 is 0. The molecule has 0 atom stereocenters. The molecule has 0 unspecified atom stereocenters. The number of hydrogen-bond donors (Lipinski definition) is 1. The molecule has 1 aromatic carbocycles. The first-order valence-electron chi connectivity index (χ1n) is 6.76. The van der Waals surface area contributed by atoms with Gasteiger partial charge in [0.1, 0.15) is 0 Å². The SMILES string of the molecule is Cc1cccc(CN2CCC(CCN)CC2)c1. The lowest BCUT2D eigenvalue weighted by Gasteiger charge is -2.31. The van der Waals surface area contributed by atoms with Gasteiger partial charge in [0.2, 0.25) is 0 Å². The van der Waals surface area contributed by atoms with E-state index in [2.05, 4.69) is 36.1 Å². The lowest BCUT2D eigenvalue weighted by atomic mass is 9.93. The molecule has 1 saturated heterocycles. The highest BCUT2D eigenvalue weighted by atomic mass is 15.1. The van der Waals surface area contributed by atoms with E-state index >= 15 is 0 Å². The third-order valence-corrected chi connectivity index (χ3v) is 3.77. The second kappa shape index (κ2) is 6.18. The molecule has 1 heterocycles. The van der Waals surface area contributed by atoms with Crippen molar-refractivity contribution in [2.24, 2.45) is 11.7 Å². The third kappa shape index (κ3) is 3.83. The maximum absolute atomic E-state index is 5.62. The fraction of sp³-hybridized carbons (Fsp3) is 0.600. The minimum atomic E-state index is 0.850. The molecule has 2 rings (SSSR count). The predicted octanol–water partition coefficient (Wildman–Crippen LogP) is 2.56. The van der Waals surface area contributed by atoms with Gasteiger partial charge in [-0.25, -0.2) is 0 Å². The van der Waals surface area contributed by atoms with Gasteiger partial charge in [-0.3, -0.25) is 4.90 Å². The minimum Gasteiger partial charge on any atom is -0.330 e. The summed E-state index contributed by atoms with van der Waals surface area (Å²) in [6.45, 7) is 6.59. The molecule has 0 bridgehead atoms. The van der Waals surface area contributed by atoms with Crippen LogP contribution < -0.4 is 5.73 Å². The van der Waals surface area contributed by atoms with Gasteiger partial charge in [0.25, 0.3) is 0 Å². The van der Waals surface area contributed by atoms with Crippen molar-refractivity contribution in [3.8, 4) is 0 Å². The second-order valence-electron chi connectivity index (χ2n) is 5.29. The lowest BCUT2D eigenvalue weighted by molar-refractivity contribution is 0.173. The topological polar surface area (TPSA) is 29.3 Å². The van der Waals surface area contributed by atoms with Crippen LogP contribution in [0.25, 0.3) is 0 Å². The van der Waals surface area contributed by atoms with Gasteiger partial charge in [0, 0.05) is 6.54 Å². The van der Waals surface area contributed by atoms with E-state index in [1.165, 1.54) is 43.5 Å². The van der Waals surface area contributed by atoms with Crippen LogP contribution in [-0.4, -0.2) is 24.5 Å². The molecule has 1 aliphatic heterocycles. The number of benzene rings is 1. The molecule has 0 saturated carbocycles. The largest absolute Gasteiger partial charge is 0.330 e. The molecule has 0 spiro atoms. The molecule has 2 N–H and O–H groups in total. The lowest BCUT2D eigenvalue weighted by Crippen LogP contribution is -2.33. The summed E-state index contributed by atoms with van der Waals surface area (Å²) in [5.74, 6) is 0.869. The number of piperidine rings is 1. The highest BCUT2D eigenvalue weighted by Gasteiger charge is 2.18. The Morgan fingerprint density at radius 3 is 2.71 bits per heavy atom. The zero-order valence-electron chi connectivity index (χ0n) is 10.9. The number of nitrogens with zero attached hydrogens (tertiary/aromatic N) is 1. The highest BCUT2D eigenvalue weighted by Crippen LogP contribution is 2.21. The first kappa shape index (κ1) is 12.6. The summed E-state index contributed by atoms with van der Waals surface area (Å²) in [6, 6.07) is 8.85. The summed E-state index contributed by atoms with van der Waals surface area (Å²) in [5.41, 5.74) is 8.43. The van der Waals surface area contributed by atoms with Crippen molar-refractivity contribution in [3.63, 3.8) is 0 Å². The quantitative estimate of drug-likeness (QED) is 0.864. The summed E-state index contributed by atoms with van der Waals surface area (Å²) in [4.78, 5) is 2.57. The fourth-order valence-electron chi connectivity index (χ4n) is 2.74. The molecule has 2 heteroatoms. The van der Waals surface area contributed by atoms with Crippen LogP contribution in [0.4, 0.5) is 0 Å². The number of aryl methyl sites for hydroxylation is 1. The summed E-state index contributed by atoms with van der Waals surface area (Å²) in [6.07, 6.45) is 3.85. The van der Waals surface area contributed by atoms with Crippen molar-refractivity contribution in [2.75, 3.05) is 19.6 Å². The van der Waals surface area contributed by atoms with Gasteiger partial charge >= 0.3 is 0 Å². The van der Waals surface area contributed by atoms with Crippen molar-refractivity contribution in [3.05, 3.63) is 35.4 Å². The Morgan fingerprint density at radius 2 is 2.06 bits per heavy atom. The molecule has 0 aromatic heterocycles. The number of likely N-dealkylation sites (tertiary alicyclic amines) is 1. The van der Waals surface area contributed by atoms with Crippen molar-refractivity contribution in [2.45, 2.75) is 32.7 Å². The van der Waals surface area contributed by atoms with Crippen LogP contribution in [0.2, 0.25) is 0 Å². The van der Waals surface area contributed by atoms with Gasteiger partial charge in [0.15, 0.2) is 0 Å². The standard InChI is InChI=1S/C15H24N2/c1-13-3-2-4-15(11-13)12-17-9-6-14(5-8-16)7-10-17/h2-4,11,14H,5-10,12,16H2,1H3. The van der Waals surface area contributed by atoms with Crippen LogP contribution in [-0.2, 0) is 6.54 Å². The van der Waals surface area contributed by atoms with Crippen molar-refractivity contribution < 1.29 is 0 Å². The Balaban J connectivity index is 1.82. The maximum Gasteiger partial charge on any atom is 0.0233 e. The van der Waals surface area contributed by atoms with Crippen LogP contribution in [0.1, 0.15) is 30.4 Å². The van der Waals surface area contributed by atoms with E-state index in [9.17, 15) is 0 Å². The molecular formula is C15H24N2. The molecular weight excluding hydrogens is 208 g/mol. The monoisotopic (exact) mass is 232 g/mol. The van der Waals surface area contributed by atoms with Crippen molar-refractivity contribution in [1.29, 1.82) is 0 Å². The van der Waals surface area contributed by atoms with Crippen LogP contribution in [0.15, 0.2) is 24.3 Å². The van der Waals surface area contributed by atoms with Gasteiger partial charge < -0.3 is 5.73 Å². The van der Waals surface area contributed by atoms with Crippen molar-refractivity contribution >= 4 is 0 Å². The predicted molar refractivity (Wildman–Crippen MR) is 72.9 cm³/mol. The Bertz CT molecular complexity index is 341. The van der Waals surface area contributed by atoms with Crippen LogP contribution in [0, 0.1) is 12.8 Å². The molecule has 1 aromatic rings. The second-order valence-corrected chi connectivity index (χ2v) is 5.29. The van der Waals surface area contributed by atoms with Gasteiger partial charge in [0.05, 0.1) is 0 Å². The smallest absolute Gasteiger partial charge is 0.0233 e. The van der Waals surface area contributed by atoms with Gasteiger partial charge in [-0.2, -0.15) is 0 Å². The number of hydrogen-bond acceptors (Lipinski definition) is 2. The van der Waals surface area contributed by atoms with Crippen LogP contribution in [0.3, 0.4) is 0 Å². The minimum absolute atomic E-state index is 0.850. The van der Waals surface area contributed by atoms with E-state index in [1.54, 1.807) is 0 Å². The zero-order valence-corrected chi connectivity index (χ0v) is 10.9. The fourth-order valence-corrected chi connectivity index (χ4v) is 2.74. The summed E-state index contributed by atoms with van der Waals surface area (Å²) in [7, 11) is 0. The van der Waals surface area contributed by atoms with E-state index in [1.807, 2.05) is 0 Å². The Kier molecular flexibility index (Phi) is 4.57. The van der Waals surface area contributed by atoms with E-state index in [4.69, 9.17) is 5.73 Å². The average molecular weight is 232 g/mol. The molecule has 2 nitrogen and oxygen atoms in total. The molecule has 0 aliphatic carbocycles. The van der Waals surface area contributed by atoms with E-state index in [0.29, 0.717) is 0 Å².